The Labute approximate surface area is 210 Å². The normalized spacial score (nSPS) is 21.8. The van der Waals surface area contributed by atoms with Crippen molar-refractivity contribution in [2.75, 3.05) is 24.7 Å². The Kier molecular flexibility index (Phi) is 6.57. The molecular weight excluding hydrogens is 518 g/mol. The van der Waals surface area contributed by atoms with Crippen molar-refractivity contribution in [3.8, 4) is 0 Å². The van der Waals surface area contributed by atoms with Crippen molar-refractivity contribution in [2.45, 2.75) is 29.1 Å². The number of aromatic nitrogens is 3. The zero-order valence-corrected chi connectivity index (χ0v) is 20.4. The number of carbonyl (C=O) groups excluding carboxylic acids is 2. The number of hydrogen-bond donors (Lipinski definition) is 3. The highest BCUT2D eigenvalue weighted by molar-refractivity contribution is 8.01. The number of carbonyl (C=O) groups is 3. The Morgan fingerprint density at radius 2 is 2.26 bits per heavy atom. The molecule has 3 aliphatic rings. The quantitative estimate of drug-likeness (QED) is 0.166. The lowest BCUT2D eigenvalue weighted by Crippen LogP contribution is -2.73. The number of aliphatic carboxylic acids is 1. The number of oxime groups is 1. The van der Waals surface area contributed by atoms with Gasteiger partial charge in [0.1, 0.15) is 41.0 Å². The first-order valence-electron chi connectivity index (χ1n) is 10.5. The predicted molar refractivity (Wildman–Crippen MR) is 126 cm³/mol. The average molecular weight is 538 g/mol. The van der Waals surface area contributed by atoms with E-state index in [1.54, 1.807) is 11.6 Å². The van der Waals surface area contributed by atoms with Gasteiger partial charge in [-0.3, -0.25) is 14.5 Å². The van der Waals surface area contributed by atoms with E-state index >= 15 is 0 Å². The van der Waals surface area contributed by atoms with Crippen LogP contribution in [0.2, 0.25) is 0 Å². The van der Waals surface area contributed by atoms with Gasteiger partial charge in [0.15, 0.2) is 16.5 Å². The third kappa shape index (κ3) is 4.94. The molecule has 2 atom stereocenters. The van der Waals surface area contributed by atoms with Gasteiger partial charge in [-0.2, -0.15) is 0 Å². The summed E-state index contributed by atoms with van der Waals surface area (Å²) < 4.78 is 10.2. The predicted octanol–water partition coefficient (Wildman–Crippen LogP) is 0.522. The van der Waals surface area contributed by atoms with Crippen molar-refractivity contribution in [1.29, 1.82) is 0 Å². The van der Waals surface area contributed by atoms with Crippen LogP contribution in [-0.4, -0.2) is 79.1 Å². The first-order chi connectivity index (χ1) is 16.9. The van der Waals surface area contributed by atoms with Crippen LogP contribution in [0.3, 0.4) is 0 Å². The summed E-state index contributed by atoms with van der Waals surface area (Å²) in [4.78, 5) is 48.5. The third-order valence-electron chi connectivity index (χ3n) is 5.47. The summed E-state index contributed by atoms with van der Waals surface area (Å²) in [5.41, 5.74) is 5.58. The van der Waals surface area contributed by atoms with E-state index in [1.165, 1.54) is 23.3 Å². The van der Waals surface area contributed by atoms with Crippen LogP contribution in [0.5, 0.6) is 0 Å². The van der Waals surface area contributed by atoms with Gasteiger partial charge in [-0.15, -0.1) is 28.2 Å². The van der Waals surface area contributed by atoms with E-state index in [1.807, 2.05) is 0 Å². The molecular formula is C19H19N7O6S3. The van der Waals surface area contributed by atoms with Gasteiger partial charge in [0, 0.05) is 5.38 Å². The maximum Gasteiger partial charge on any atom is 0.356 e. The number of nitrogens with two attached hydrogens (primary N) is 1. The van der Waals surface area contributed by atoms with Crippen LogP contribution >= 0.6 is 34.6 Å². The lowest BCUT2D eigenvalue weighted by molar-refractivity contribution is -0.160. The number of ether oxygens (including phenoxy) is 1. The van der Waals surface area contributed by atoms with Gasteiger partial charge >= 0.3 is 5.97 Å². The Morgan fingerprint density at radius 3 is 2.91 bits per heavy atom. The second-order valence-corrected chi connectivity index (χ2v) is 10.8. The summed E-state index contributed by atoms with van der Waals surface area (Å²) in [6.07, 6.45) is 3.66. The molecule has 13 nitrogen and oxygen atoms in total. The largest absolute Gasteiger partial charge is 0.492 e. The minimum atomic E-state index is -1.29. The third-order valence-corrected chi connectivity index (χ3v) is 7.98. The van der Waals surface area contributed by atoms with Crippen LogP contribution in [0, 0.1) is 5.92 Å². The fourth-order valence-electron chi connectivity index (χ4n) is 3.53. The minimum absolute atomic E-state index is 0.0264. The van der Waals surface area contributed by atoms with Crippen molar-refractivity contribution in [1.82, 2.24) is 24.8 Å². The number of nitrogen functional groups attached to an aromatic ring is 1. The number of thioether (sulfide) groups is 1. The van der Waals surface area contributed by atoms with Gasteiger partial charge < -0.3 is 25.7 Å². The number of fused-ring (bicyclic) bond motifs is 1. The molecule has 2 aromatic heterocycles. The Morgan fingerprint density at radius 1 is 1.43 bits per heavy atom. The molecule has 16 heteroatoms. The number of rotatable bonds is 10. The summed E-state index contributed by atoms with van der Waals surface area (Å²) in [5.74, 6) is -1.74. The minimum Gasteiger partial charge on any atom is -0.492 e. The van der Waals surface area contributed by atoms with E-state index < -0.39 is 29.9 Å². The molecule has 5 rings (SSSR count). The molecule has 0 bridgehead atoms. The molecule has 2 aromatic rings. The topological polar surface area (TPSA) is 182 Å². The van der Waals surface area contributed by atoms with Gasteiger partial charge in [-0.05, 0) is 30.3 Å². The highest BCUT2D eigenvalue weighted by Crippen LogP contribution is 2.35. The van der Waals surface area contributed by atoms with Crippen LogP contribution in [-0.2, 0) is 24.0 Å². The molecule has 35 heavy (non-hydrogen) atoms. The summed E-state index contributed by atoms with van der Waals surface area (Å²) in [6.45, 7) is 0.409. The van der Waals surface area contributed by atoms with E-state index in [4.69, 9.17) is 15.3 Å². The molecule has 0 aromatic carbocycles. The van der Waals surface area contributed by atoms with E-state index in [9.17, 15) is 19.5 Å². The molecule has 184 valence electrons. The highest BCUT2D eigenvalue weighted by atomic mass is 32.2. The summed E-state index contributed by atoms with van der Waals surface area (Å²) in [7, 11) is 0. The molecule has 1 saturated carbocycles. The molecule has 0 spiro atoms. The Balaban J connectivity index is 1.29. The standard InChI is InChI=1S/C19H19N7O6S3/c20-19-22-9(6-34-19)13(24-32-4-8-1-2-8)16(27)23-14-10-5-31-11(7-33-12-3-21-25-35-12)15(18(29)30)26(10)17(14)28/h3,6,8,10,14H,1-2,4-5,7H2,(H2,20,22)(H,23,27)(H,29,30)/b24-13-. The van der Waals surface area contributed by atoms with Gasteiger partial charge in [-0.1, -0.05) is 9.64 Å². The lowest BCUT2D eigenvalue weighted by atomic mass is 9.92. The number of anilines is 1. The molecule has 4 N–H and O–H groups in total. The lowest BCUT2D eigenvalue weighted by Gasteiger charge is -2.49. The number of nitrogens with zero attached hydrogens (tertiary/aromatic N) is 5. The van der Waals surface area contributed by atoms with Gasteiger partial charge in [0.2, 0.25) is 0 Å². The summed E-state index contributed by atoms with van der Waals surface area (Å²) >= 11 is 3.62. The molecule has 2 unspecified atom stereocenters. The van der Waals surface area contributed by atoms with E-state index in [0.29, 0.717) is 12.5 Å². The maximum absolute atomic E-state index is 13.0. The summed E-state index contributed by atoms with van der Waals surface area (Å²) in [5, 5.41) is 21.9. The van der Waals surface area contributed by atoms with Crippen LogP contribution < -0.4 is 11.1 Å². The first kappa shape index (κ1) is 23.5. The van der Waals surface area contributed by atoms with E-state index in [0.717, 1.165) is 33.3 Å². The molecule has 1 aliphatic carbocycles. The van der Waals surface area contributed by atoms with Crippen LogP contribution in [0.25, 0.3) is 0 Å². The van der Waals surface area contributed by atoms with Gasteiger partial charge in [0.25, 0.3) is 11.8 Å². The van der Waals surface area contributed by atoms with Crippen LogP contribution in [0.15, 0.2) is 32.4 Å². The highest BCUT2D eigenvalue weighted by Gasteiger charge is 2.55. The van der Waals surface area contributed by atoms with Crippen molar-refractivity contribution in [3.63, 3.8) is 0 Å². The van der Waals surface area contributed by atoms with Crippen molar-refractivity contribution in [2.24, 2.45) is 11.1 Å². The zero-order valence-electron chi connectivity index (χ0n) is 17.9. The van der Waals surface area contributed by atoms with Crippen molar-refractivity contribution < 1.29 is 29.1 Å². The van der Waals surface area contributed by atoms with Crippen molar-refractivity contribution in [3.05, 3.63) is 28.7 Å². The molecule has 2 aliphatic heterocycles. The number of carboxylic acids is 1. The Bertz CT molecular complexity index is 1210. The monoisotopic (exact) mass is 537 g/mol. The fraction of sp³-hybridized carbons (Fsp3) is 0.421. The number of hydrogen-bond acceptors (Lipinski definition) is 13. The SMILES string of the molecule is Nc1nc(/C(=N/OCC2CC2)C(=O)NC2C(=O)N3C(C(=O)O)=C(CSc4cnns4)OCC23)cs1. The number of carboxylic acid groups (broad SMARTS) is 1. The number of nitrogens with one attached hydrogen (secondary N) is 1. The zero-order chi connectivity index (χ0) is 24.5. The first-order valence-corrected chi connectivity index (χ1v) is 13.1. The second kappa shape index (κ2) is 9.79. The number of amides is 2. The smallest absolute Gasteiger partial charge is 0.356 e. The molecule has 1 saturated heterocycles. The second-order valence-electron chi connectivity index (χ2n) is 7.89. The van der Waals surface area contributed by atoms with Crippen molar-refractivity contribution >= 4 is 63.3 Å². The maximum atomic E-state index is 13.0. The number of thiazole rings is 1. The van der Waals surface area contributed by atoms with Crippen LogP contribution in [0.1, 0.15) is 18.5 Å². The van der Waals surface area contributed by atoms with Gasteiger partial charge in [-0.25, -0.2) is 9.78 Å². The van der Waals surface area contributed by atoms with E-state index in [2.05, 4.69) is 25.0 Å². The molecule has 0 radical (unpaired) electrons. The molecule has 4 heterocycles. The number of β-lactam (4-membered cyclic amide) rings is 1. The fourth-order valence-corrected chi connectivity index (χ4v) is 5.45. The summed E-state index contributed by atoms with van der Waals surface area (Å²) in [6, 6.07) is -1.66. The van der Waals surface area contributed by atoms with Gasteiger partial charge in [0.05, 0.1) is 11.9 Å². The average Bonchev–Trinajstić information content (AvgIpc) is 3.32. The van der Waals surface area contributed by atoms with Crippen LogP contribution in [0.4, 0.5) is 5.13 Å². The Hall–Kier alpha value is -3.24. The van der Waals surface area contributed by atoms with E-state index in [-0.39, 0.29) is 40.4 Å². The molecule has 2 amide bonds. The molecule has 2 fully saturated rings.